The van der Waals surface area contributed by atoms with Gasteiger partial charge in [-0.25, -0.2) is 0 Å². The Morgan fingerprint density at radius 2 is 1.75 bits per heavy atom. The Morgan fingerprint density at radius 1 is 1.06 bits per heavy atom. The summed E-state index contributed by atoms with van der Waals surface area (Å²) in [5.41, 5.74) is 0. The smallest absolute Gasteiger partial charge is 0.0589 e. The van der Waals surface area contributed by atoms with Crippen LogP contribution < -0.4 is 0 Å². The van der Waals surface area contributed by atoms with E-state index < -0.39 is 0 Å². The minimum atomic E-state index is 0.876. The average molecular weight is 227 g/mol. The van der Waals surface area contributed by atoms with Crippen molar-refractivity contribution >= 4 is 0 Å². The van der Waals surface area contributed by atoms with Gasteiger partial charge in [0.05, 0.1) is 6.61 Å². The number of ether oxygens (including phenoxy) is 1. The molecule has 0 aromatic rings. The van der Waals surface area contributed by atoms with Gasteiger partial charge in [0.25, 0.3) is 0 Å². The monoisotopic (exact) mass is 227 g/mol. The summed E-state index contributed by atoms with van der Waals surface area (Å²) in [7, 11) is 3.99. The lowest BCUT2D eigenvalue weighted by molar-refractivity contribution is 0.0338. The van der Waals surface area contributed by atoms with Gasteiger partial charge in [0, 0.05) is 59.5 Å². The molecule has 2 aliphatic rings. The molecule has 0 amide bonds. The predicted octanol–water partition coefficient (Wildman–Crippen LogP) is -0.188. The summed E-state index contributed by atoms with van der Waals surface area (Å²) in [5, 5.41) is 0. The van der Waals surface area contributed by atoms with Crippen molar-refractivity contribution in [1.82, 2.24) is 14.7 Å². The number of methoxy groups -OCH3 is 1. The third kappa shape index (κ3) is 3.42. The van der Waals surface area contributed by atoms with Crippen LogP contribution in [0.1, 0.15) is 0 Å². The fraction of sp³-hybridized carbons (Fsp3) is 1.00. The lowest BCUT2D eigenvalue weighted by Gasteiger charge is -2.43. The molecule has 4 nitrogen and oxygen atoms in total. The molecular weight excluding hydrogens is 202 g/mol. The second-order valence-electron chi connectivity index (χ2n) is 5.22. The van der Waals surface area contributed by atoms with Crippen LogP contribution in [0.3, 0.4) is 0 Å². The van der Waals surface area contributed by atoms with Crippen molar-refractivity contribution in [1.29, 1.82) is 0 Å². The molecule has 94 valence electrons. The second kappa shape index (κ2) is 5.96. The van der Waals surface area contributed by atoms with Crippen LogP contribution in [0.25, 0.3) is 0 Å². The van der Waals surface area contributed by atoms with Crippen LogP contribution in [0.2, 0.25) is 0 Å². The summed E-state index contributed by atoms with van der Waals surface area (Å²) >= 11 is 0. The Labute approximate surface area is 99.1 Å². The Morgan fingerprint density at radius 3 is 2.38 bits per heavy atom. The number of likely N-dealkylation sites (tertiary alicyclic amines) is 1. The molecule has 2 heterocycles. The standard InChI is InChI=1S/C12H25N3O/c1-13-3-5-14(6-4-13)9-12-10-15(11-12)7-8-16-2/h12H,3-11H2,1-2H3. The van der Waals surface area contributed by atoms with Crippen molar-refractivity contribution in [2.24, 2.45) is 5.92 Å². The molecule has 4 heteroatoms. The van der Waals surface area contributed by atoms with Crippen LogP contribution in [-0.2, 0) is 4.74 Å². The topological polar surface area (TPSA) is 19.0 Å². The first-order valence-electron chi connectivity index (χ1n) is 6.40. The molecule has 0 radical (unpaired) electrons. The molecular formula is C12H25N3O. The summed E-state index contributed by atoms with van der Waals surface area (Å²) in [6.45, 7) is 10.8. The van der Waals surface area contributed by atoms with E-state index in [1.54, 1.807) is 7.11 Å². The number of hydrogen-bond acceptors (Lipinski definition) is 4. The normalized spacial score (nSPS) is 25.9. The van der Waals surface area contributed by atoms with Crippen molar-refractivity contribution in [2.75, 3.05) is 73.1 Å². The van der Waals surface area contributed by atoms with Gasteiger partial charge in [-0.2, -0.15) is 0 Å². The predicted molar refractivity (Wildman–Crippen MR) is 65.7 cm³/mol. The van der Waals surface area contributed by atoms with Gasteiger partial charge < -0.3 is 19.4 Å². The van der Waals surface area contributed by atoms with E-state index in [0.29, 0.717) is 0 Å². The average Bonchev–Trinajstić information content (AvgIpc) is 2.24. The highest BCUT2D eigenvalue weighted by Gasteiger charge is 2.28. The van der Waals surface area contributed by atoms with Crippen LogP contribution >= 0.6 is 0 Å². The summed E-state index contributed by atoms with van der Waals surface area (Å²) in [6, 6.07) is 0. The first kappa shape index (κ1) is 12.3. The van der Waals surface area contributed by atoms with Gasteiger partial charge in [-0.15, -0.1) is 0 Å². The van der Waals surface area contributed by atoms with Crippen molar-refractivity contribution in [3.05, 3.63) is 0 Å². The van der Waals surface area contributed by atoms with Crippen LogP contribution in [0.5, 0.6) is 0 Å². The molecule has 0 aromatic carbocycles. The van der Waals surface area contributed by atoms with Crippen molar-refractivity contribution in [2.45, 2.75) is 0 Å². The molecule has 2 aliphatic heterocycles. The van der Waals surface area contributed by atoms with Gasteiger partial charge in [-0.3, -0.25) is 0 Å². The quantitative estimate of drug-likeness (QED) is 0.648. The molecule has 0 bridgehead atoms. The van der Waals surface area contributed by atoms with Gasteiger partial charge in [0.15, 0.2) is 0 Å². The lowest BCUT2D eigenvalue weighted by atomic mass is 9.99. The number of nitrogens with zero attached hydrogens (tertiary/aromatic N) is 3. The van der Waals surface area contributed by atoms with Crippen LogP contribution in [-0.4, -0.2) is 87.8 Å². The molecule has 2 saturated heterocycles. The molecule has 0 atom stereocenters. The Balaban J connectivity index is 1.55. The summed E-state index contributed by atoms with van der Waals surface area (Å²) in [5.74, 6) is 0.903. The Bertz CT molecular complexity index is 198. The van der Waals surface area contributed by atoms with Crippen molar-refractivity contribution in [3.63, 3.8) is 0 Å². The number of rotatable bonds is 5. The maximum absolute atomic E-state index is 5.09. The molecule has 16 heavy (non-hydrogen) atoms. The molecule has 0 saturated carbocycles. The molecule has 0 spiro atoms. The third-order valence-corrected chi connectivity index (χ3v) is 3.76. The summed E-state index contributed by atoms with van der Waals surface area (Å²) < 4.78 is 5.09. The fourth-order valence-electron chi connectivity index (χ4n) is 2.59. The van der Waals surface area contributed by atoms with E-state index in [-0.39, 0.29) is 0 Å². The van der Waals surface area contributed by atoms with Crippen LogP contribution in [0.15, 0.2) is 0 Å². The molecule has 2 rings (SSSR count). The van der Waals surface area contributed by atoms with E-state index in [0.717, 1.165) is 19.1 Å². The Hall–Kier alpha value is -0.160. The molecule has 2 fully saturated rings. The highest BCUT2D eigenvalue weighted by atomic mass is 16.5. The van der Waals surface area contributed by atoms with Gasteiger partial charge in [0.1, 0.15) is 0 Å². The van der Waals surface area contributed by atoms with Gasteiger partial charge >= 0.3 is 0 Å². The zero-order valence-electron chi connectivity index (χ0n) is 10.7. The van der Waals surface area contributed by atoms with Crippen LogP contribution in [0.4, 0.5) is 0 Å². The first-order chi connectivity index (χ1) is 7.78. The van der Waals surface area contributed by atoms with E-state index in [1.165, 1.54) is 45.8 Å². The van der Waals surface area contributed by atoms with E-state index in [1.807, 2.05) is 0 Å². The van der Waals surface area contributed by atoms with E-state index >= 15 is 0 Å². The zero-order valence-corrected chi connectivity index (χ0v) is 10.7. The van der Waals surface area contributed by atoms with E-state index in [2.05, 4.69) is 21.7 Å². The highest BCUT2D eigenvalue weighted by molar-refractivity contribution is 4.83. The second-order valence-corrected chi connectivity index (χ2v) is 5.22. The largest absolute Gasteiger partial charge is 0.383 e. The van der Waals surface area contributed by atoms with Crippen LogP contribution in [0, 0.1) is 5.92 Å². The van der Waals surface area contributed by atoms with E-state index in [4.69, 9.17) is 4.74 Å². The third-order valence-electron chi connectivity index (χ3n) is 3.76. The molecule has 0 aliphatic carbocycles. The maximum Gasteiger partial charge on any atom is 0.0589 e. The van der Waals surface area contributed by atoms with Gasteiger partial charge in [-0.05, 0) is 13.0 Å². The minimum absolute atomic E-state index is 0.876. The summed E-state index contributed by atoms with van der Waals surface area (Å²) in [6.07, 6.45) is 0. The summed E-state index contributed by atoms with van der Waals surface area (Å²) in [4.78, 5) is 7.53. The zero-order chi connectivity index (χ0) is 11.4. The first-order valence-corrected chi connectivity index (χ1v) is 6.40. The Kier molecular flexibility index (Phi) is 4.58. The van der Waals surface area contributed by atoms with Crippen molar-refractivity contribution in [3.8, 4) is 0 Å². The van der Waals surface area contributed by atoms with Gasteiger partial charge in [-0.1, -0.05) is 0 Å². The maximum atomic E-state index is 5.09. The highest BCUT2D eigenvalue weighted by Crippen LogP contribution is 2.16. The number of piperazine rings is 1. The number of likely N-dealkylation sites (N-methyl/N-ethyl adjacent to an activating group) is 1. The minimum Gasteiger partial charge on any atom is -0.383 e. The van der Waals surface area contributed by atoms with Gasteiger partial charge in [0.2, 0.25) is 0 Å². The van der Waals surface area contributed by atoms with Crippen molar-refractivity contribution < 1.29 is 4.74 Å². The molecule has 0 unspecified atom stereocenters. The fourth-order valence-corrected chi connectivity index (χ4v) is 2.59. The number of hydrogen-bond donors (Lipinski definition) is 0. The van der Waals surface area contributed by atoms with E-state index in [9.17, 15) is 0 Å². The molecule has 0 N–H and O–H groups in total. The molecule has 0 aromatic heterocycles. The lowest BCUT2D eigenvalue weighted by Crippen LogP contribution is -2.54. The SMILES string of the molecule is COCCN1CC(CN2CCN(C)CC2)C1.